The highest BCUT2D eigenvalue weighted by molar-refractivity contribution is 5.71. The molecule has 0 saturated carbocycles. The van der Waals surface area contributed by atoms with Crippen LogP contribution in [0.3, 0.4) is 0 Å². The third kappa shape index (κ3) is 7.84. The molecule has 0 unspecified atom stereocenters. The fraction of sp³-hybridized carbons (Fsp3) is 0.250. The second-order valence-electron chi connectivity index (χ2n) is 9.48. The van der Waals surface area contributed by atoms with Crippen molar-refractivity contribution in [2.24, 2.45) is 4.99 Å². The van der Waals surface area contributed by atoms with Crippen LogP contribution in [0.1, 0.15) is 49.9 Å². The van der Waals surface area contributed by atoms with Crippen molar-refractivity contribution in [3.63, 3.8) is 0 Å². The van der Waals surface area contributed by atoms with E-state index in [0.29, 0.717) is 25.9 Å². The van der Waals surface area contributed by atoms with Crippen LogP contribution in [0.25, 0.3) is 11.1 Å². The van der Waals surface area contributed by atoms with Crippen molar-refractivity contribution >= 4 is 11.8 Å². The van der Waals surface area contributed by atoms with E-state index < -0.39 is 0 Å². The number of aliphatic hydroxyl groups is 1. The number of nitrogens with one attached hydrogen (secondary N) is 1. The second-order valence-corrected chi connectivity index (χ2v) is 9.48. The fourth-order valence-corrected chi connectivity index (χ4v) is 4.29. The fourth-order valence-electron chi connectivity index (χ4n) is 4.29. The zero-order chi connectivity index (χ0) is 26.7. The number of rotatable bonds is 11. The van der Waals surface area contributed by atoms with Crippen LogP contribution >= 0.6 is 0 Å². The Morgan fingerprint density at radius 2 is 1.21 bits per heavy atom. The topological polar surface area (TPSA) is 77.4 Å². The Kier molecular flexibility index (Phi) is 9.35. The smallest absolute Gasteiger partial charge is 0.339 e. The highest BCUT2D eigenvalue weighted by Crippen LogP contribution is 2.17. The average molecular weight is 509 g/mol. The number of aryl methyl sites for hydroxylation is 2. The Balaban J connectivity index is 1.27. The number of aliphatic hydroxyl groups excluding tert-OH is 1. The molecule has 2 N–H and O–H groups in total. The maximum atomic E-state index is 12.3. The summed E-state index contributed by atoms with van der Waals surface area (Å²) in [7, 11) is 0. The van der Waals surface area contributed by atoms with Crippen molar-refractivity contribution in [3.8, 4) is 11.1 Å². The SMILES string of the molecule is C[C@H]([NH+]=C(O)CC[n+]1ccc(-c2cc[n+](CCC([O-])=N[C@H](C)c3ccccc3)cc2)cc1)c1ccccc1. The second kappa shape index (κ2) is 13.3. The Bertz CT molecular complexity index is 1230. The van der Waals surface area contributed by atoms with Gasteiger partial charge in [0.15, 0.2) is 43.9 Å². The monoisotopic (exact) mass is 508 g/mol. The quantitative estimate of drug-likeness (QED) is 0.186. The van der Waals surface area contributed by atoms with E-state index in [9.17, 15) is 10.2 Å². The summed E-state index contributed by atoms with van der Waals surface area (Å²) in [4.78, 5) is 7.49. The van der Waals surface area contributed by atoms with Gasteiger partial charge in [0.2, 0.25) is 0 Å². The summed E-state index contributed by atoms with van der Waals surface area (Å²) < 4.78 is 4.07. The van der Waals surface area contributed by atoms with E-state index in [1.54, 1.807) is 0 Å². The van der Waals surface area contributed by atoms with E-state index in [2.05, 4.69) is 38.8 Å². The summed E-state index contributed by atoms with van der Waals surface area (Å²) >= 11 is 0. The minimum absolute atomic E-state index is 0.0507. The average Bonchev–Trinajstić information content (AvgIpc) is 2.96. The molecule has 0 amide bonds. The lowest BCUT2D eigenvalue weighted by Crippen LogP contribution is -2.74. The van der Waals surface area contributed by atoms with E-state index in [-0.39, 0.29) is 23.9 Å². The number of aromatic nitrogens is 2. The molecule has 0 radical (unpaired) electrons. The summed E-state index contributed by atoms with van der Waals surface area (Å²) in [6.45, 7) is 5.26. The van der Waals surface area contributed by atoms with Crippen LogP contribution in [0.5, 0.6) is 0 Å². The third-order valence-electron chi connectivity index (χ3n) is 6.61. The molecule has 2 heterocycles. The Hall–Kier alpha value is -4.32. The molecule has 38 heavy (non-hydrogen) atoms. The summed E-state index contributed by atoms with van der Waals surface area (Å²) in [5.74, 6) is 0.199. The van der Waals surface area contributed by atoms with Gasteiger partial charge in [-0.05, 0) is 29.5 Å². The van der Waals surface area contributed by atoms with Crippen molar-refractivity contribution in [2.45, 2.75) is 51.9 Å². The molecule has 0 saturated heterocycles. The summed E-state index contributed by atoms with van der Waals surface area (Å²) in [6, 6.07) is 28.1. The highest BCUT2D eigenvalue weighted by Gasteiger charge is 2.14. The van der Waals surface area contributed by atoms with Gasteiger partial charge in [0.1, 0.15) is 6.42 Å². The van der Waals surface area contributed by atoms with Crippen molar-refractivity contribution in [1.82, 2.24) is 0 Å². The predicted molar refractivity (Wildman–Crippen MR) is 147 cm³/mol. The van der Waals surface area contributed by atoms with Crippen molar-refractivity contribution < 1.29 is 24.3 Å². The van der Waals surface area contributed by atoms with Gasteiger partial charge in [0.25, 0.3) is 0 Å². The van der Waals surface area contributed by atoms with E-state index in [1.807, 2.05) is 104 Å². The lowest BCUT2D eigenvalue weighted by molar-refractivity contribution is -0.696. The van der Waals surface area contributed by atoms with Crippen LogP contribution in [0, 0.1) is 0 Å². The minimum Gasteiger partial charge on any atom is -0.862 e. The number of aliphatic imine (C=N–C) groups is 1. The molecule has 194 valence electrons. The molecule has 0 aliphatic heterocycles. The number of nitrogens with zero attached hydrogens (tertiary/aromatic N) is 3. The molecule has 0 spiro atoms. The molecule has 6 heteroatoms. The largest absolute Gasteiger partial charge is 0.862 e. The van der Waals surface area contributed by atoms with Crippen molar-refractivity contribution in [2.75, 3.05) is 0 Å². The molecule has 0 aliphatic carbocycles. The molecule has 2 aromatic heterocycles. The summed E-state index contributed by atoms with van der Waals surface area (Å²) in [5.41, 5.74) is 4.40. The minimum atomic E-state index is -0.132. The van der Waals surface area contributed by atoms with Crippen LogP contribution in [-0.4, -0.2) is 16.9 Å². The molecule has 6 nitrogen and oxygen atoms in total. The van der Waals surface area contributed by atoms with E-state index >= 15 is 0 Å². The standard InChI is InChI=1S/C32H34N4O2/c1-25(27-9-5-3-6-10-27)33-31(37)17-23-35-19-13-29(14-20-35)30-15-21-36(22-16-30)24-18-32(38)34-26(2)28-11-7-4-8-12-28/h3-16,19-22,25-26H,17-18,23-24H2,1-2H3/p+2/t25-,26+. The van der Waals surface area contributed by atoms with Gasteiger partial charge in [-0.15, -0.1) is 0 Å². The van der Waals surface area contributed by atoms with E-state index in [4.69, 9.17) is 0 Å². The Morgan fingerprint density at radius 1 is 0.737 bits per heavy atom. The van der Waals surface area contributed by atoms with Gasteiger partial charge >= 0.3 is 5.90 Å². The van der Waals surface area contributed by atoms with Gasteiger partial charge in [-0.25, -0.2) is 14.1 Å². The number of hydrogen-bond donors (Lipinski definition) is 2. The van der Waals surface area contributed by atoms with Crippen LogP contribution in [-0.2, 0) is 13.1 Å². The maximum Gasteiger partial charge on any atom is 0.339 e. The van der Waals surface area contributed by atoms with Gasteiger partial charge < -0.3 is 10.2 Å². The number of hydrogen-bond acceptors (Lipinski definition) is 2. The van der Waals surface area contributed by atoms with Crippen molar-refractivity contribution in [1.29, 1.82) is 0 Å². The zero-order valence-corrected chi connectivity index (χ0v) is 22.1. The first kappa shape index (κ1) is 26.7. The van der Waals surface area contributed by atoms with Gasteiger partial charge in [-0.2, -0.15) is 0 Å². The first-order valence-electron chi connectivity index (χ1n) is 13.1. The Labute approximate surface area is 224 Å². The van der Waals surface area contributed by atoms with Crippen LogP contribution in [0.4, 0.5) is 0 Å². The van der Waals surface area contributed by atoms with Crippen molar-refractivity contribution in [3.05, 3.63) is 121 Å². The normalized spacial score (nSPS) is 13.7. The maximum absolute atomic E-state index is 12.3. The number of benzene rings is 2. The summed E-state index contributed by atoms with van der Waals surface area (Å²) in [6.07, 6.45) is 8.95. The first-order chi connectivity index (χ1) is 18.5. The molecule has 2 atom stereocenters. The van der Waals surface area contributed by atoms with Gasteiger partial charge in [-0.1, -0.05) is 60.7 Å². The molecule has 0 fully saturated rings. The van der Waals surface area contributed by atoms with E-state index in [1.165, 1.54) is 0 Å². The molecule has 4 rings (SSSR count). The lowest BCUT2D eigenvalue weighted by atomic mass is 10.1. The molecule has 0 aliphatic rings. The van der Waals surface area contributed by atoms with Crippen LogP contribution in [0.15, 0.2) is 115 Å². The lowest BCUT2D eigenvalue weighted by Gasteiger charge is -2.13. The zero-order valence-electron chi connectivity index (χ0n) is 22.1. The summed E-state index contributed by atoms with van der Waals surface area (Å²) in [5, 5.41) is 22.7. The van der Waals surface area contributed by atoms with E-state index in [0.717, 1.165) is 22.3 Å². The molecule has 2 aromatic carbocycles. The van der Waals surface area contributed by atoms with Gasteiger partial charge in [0.05, 0.1) is 6.04 Å². The van der Waals surface area contributed by atoms with Gasteiger partial charge in [-0.3, -0.25) is 4.99 Å². The molecular weight excluding hydrogens is 472 g/mol. The van der Waals surface area contributed by atoms with Crippen LogP contribution in [0.2, 0.25) is 0 Å². The predicted octanol–water partition coefficient (Wildman–Crippen LogP) is 3.03. The van der Waals surface area contributed by atoms with Gasteiger partial charge in [0, 0.05) is 43.2 Å². The first-order valence-corrected chi connectivity index (χ1v) is 13.1. The number of pyridine rings is 2. The third-order valence-corrected chi connectivity index (χ3v) is 6.61. The highest BCUT2D eigenvalue weighted by atomic mass is 16.3. The molecule has 4 aromatic rings. The Morgan fingerprint density at radius 3 is 1.74 bits per heavy atom. The van der Waals surface area contributed by atoms with Crippen LogP contribution < -0.4 is 19.2 Å². The molecular formula is C32H36N4O2+2. The molecule has 0 bridgehead atoms.